The Morgan fingerprint density at radius 3 is 2.53 bits per heavy atom. The second-order valence-electron chi connectivity index (χ2n) is 5.97. The molecule has 2 fully saturated rings. The Balaban J connectivity index is 1.94. The molecular formula is C17H23NO. The highest BCUT2D eigenvalue weighted by Crippen LogP contribution is 2.38. The molecule has 19 heavy (non-hydrogen) atoms. The van der Waals surface area contributed by atoms with Crippen molar-refractivity contribution in [3.8, 4) is 0 Å². The van der Waals surface area contributed by atoms with Crippen molar-refractivity contribution < 1.29 is 4.79 Å². The molecule has 1 aromatic carbocycles. The molecule has 0 N–H and O–H groups in total. The van der Waals surface area contributed by atoms with E-state index in [1.165, 1.54) is 36.9 Å². The summed E-state index contributed by atoms with van der Waals surface area (Å²) in [4.78, 5) is 14.4. The molecule has 2 bridgehead atoms. The minimum atomic E-state index is 0.456. The number of nitrogens with zero attached hydrogens (tertiary/aromatic N) is 1. The summed E-state index contributed by atoms with van der Waals surface area (Å²) >= 11 is 0. The highest BCUT2D eigenvalue weighted by molar-refractivity contribution is 5.83. The monoisotopic (exact) mass is 257 g/mol. The number of rotatable bonds is 3. The lowest BCUT2D eigenvalue weighted by atomic mass is 9.83. The quantitative estimate of drug-likeness (QED) is 0.822. The van der Waals surface area contributed by atoms with E-state index in [0.717, 1.165) is 19.3 Å². The van der Waals surface area contributed by atoms with Crippen LogP contribution in [0.4, 0.5) is 5.69 Å². The number of hydrogen-bond donors (Lipinski definition) is 0. The van der Waals surface area contributed by atoms with E-state index in [-0.39, 0.29) is 0 Å². The van der Waals surface area contributed by atoms with E-state index in [4.69, 9.17) is 0 Å². The molecule has 2 saturated heterocycles. The maximum absolute atomic E-state index is 11.8. The maximum Gasteiger partial charge on any atom is 0.137 e. The molecule has 0 aromatic heterocycles. The predicted octanol–water partition coefficient (Wildman–Crippen LogP) is 3.73. The van der Waals surface area contributed by atoms with Crippen molar-refractivity contribution >= 4 is 11.5 Å². The third-order valence-electron chi connectivity index (χ3n) is 4.58. The zero-order valence-corrected chi connectivity index (χ0v) is 11.8. The van der Waals surface area contributed by atoms with Crippen LogP contribution in [-0.2, 0) is 11.2 Å². The molecule has 0 spiro atoms. The third-order valence-corrected chi connectivity index (χ3v) is 4.58. The van der Waals surface area contributed by atoms with Gasteiger partial charge in [-0.25, -0.2) is 0 Å². The number of para-hydroxylation sites is 1. The smallest absolute Gasteiger partial charge is 0.137 e. The van der Waals surface area contributed by atoms with Crippen LogP contribution in [0.15, 0.2) is 24.3 Å². The standard InChI is InChI=1S/C17H23NO/c1-2-6-13-7-3-4-10-17(13)18-14-8-5-9-15(18)12-16(19)11-14/h3-4,7,10,14-15H,2,5-6,8-9,11-12H2,1H3. The van der Waals surface area contributed by atoms with Gasteiger partial charge in [-0.1, -0.05) is 31.5 Å². The first-order valence-electron chi connectivity index (χ1n) is 7.67. The summed E-state index contributed by atoms with van der Waals surface area (Å²) in [6.07, 6.45) is 7.49. The number of aryl methyl sites for hydroxylation is 1. The number of carbonyl (C=O) groups excluding carboxylic acids is 1. The van der Waals surface area contributed by atoms with Crippen LogP contribution in [0.5, 0.6) is 0 Å². The molecule has 0 amide bonds. The molecule has 2 aliphatic heterocycles. The van der Waals surface area contributed by atoms with Crippen molar-refractivity contribution in [2.24, 2.45) is 0 Å². The summed E-state index contributed by atoms with van der Waals surface area (Å²) in [6, 6.07) is 9.70. The molecule has 0 radical (unpaired) electrons. The van der Waals surface area contributed by atoms with Crippen molar-refractivity contribution in [2.75, 3.05) is 4.90 Å². The molecule has 2 unspecified atom stereocenters. The van der Waals surface area contributed by atoms with E-state index in [2.05, 4.69) is 36.1 Å². The summed E-state index contributed by atoms with van der Waals surface area (Å²) in [6.45, 7) is 2.23. The highest BCUT2D eigenvalue weighted by atomic mass is 16.1. The minimum Gasteiger partial charge on any atom is -0.364 e. The molecule has 3 rings (SSSR count). The first-order chi connectivity index (χ1) is 9.29. The number of carbonyl (C=O) groups is 1. The summed E-state index contributed by atoms with van der Waals surface area (Å²) < 4.78 is 0. The third kappa shape index (κ3) is 2.41. The average Bonchev–Trinajstić information content (AvgIpc) is 2.39. The maximum atomic E-state index is 11.8. The van der Waals surface area contributed by atoms with Crippen LogP contribution in [0.25, 0.3) is 0 Å². The SMILES string of the molecule is CCCc1ccccc1N1C2CCCC1CC(=O)C2. The van der Waals surface area contributed by atoms with Crippen LogP contribution >= 0.6 is 0 Å². The van der Waals surface area contributed by atoms with E-state index in [9.17, 15) is 4.79 Å². The van der Waals surface area contributed by atoms with Gasteiger partial charge in [-0.05, 0) is 37.3 Å². The average molecular weight is 257 g/mol. The predicted molar refractivity (Wildman–Crippen MR) is 78.6 cm³/mol. The molecule has 2 atom stereocenters. The molecule has 1 aromatic rings. The Kier molecular flexibility index (Phi) is 3.58. The van der Waals surface area contributed by atoms with Crippen molar-refractivity contribution in [1.29, 1.82) is 0 Å². The zero-order chi connectivity index (χ0) is 13.2. The largest absolute Gasteiger partial charge is 0.364 e. The van der Waals surface area contributed by atoms with E-state index >= 15 is 0 Å². The molecule has 102 valence electrons. The molecular weight excluding hydrogens is 234 g/mol. The molecule has 2 heterocycles. The number of Topliss-reactive ketones (excluding diaryl/α,β-unsaturated/α-hetero) is 1. The first-order valence-corrected chi connectivity index (χ1v) is 7.67. The first kappa shape index (κ1) is 12.7. The molecule has 0 saturated carbocycles. The van der Waals surface area contributed by atoms with Crippen LogP contribution in [0.1, 0.15) is 51.0 Å². The van der Waals surface area contributed by atoms with Gasteiger partial charge < -0.3 is 4.90 Å². The Hall–Kier alpha value is -1.31. The van der Waals surface area contributed by atoms with E-state index in [0.29, 0.717) is 17.9 Å². The lowest BCUT2D eigenvalue weighted by molar-refractivity contribution is -0.121. The number of anilines is 1. The van der Waals surface area contributed by atoms with Crippen LogP contribution in [0, 0.1) is 0 Å². The van der Waals surface area contributed by atoms with E-state index < -0.39 is 0 Å². The Morgan fingerprint density at radius 2 is 1.84 bits per heavy atom. The minimum absolute atomic E-state index is 0.456. The number of fused-ring (bicyclic) bond motifs is 2. The van der Waals surface area contributed by atoms with Gasteiger partial charge in [-0.3, -0.25) is 4.79 Å². The van der Waals surface area contributed by atoms with Crippen LogP contribution < -0.4 is 4.90 Å². The number of benzene rings is 1. The Bertz CT molecular complexity index is 452. The van der Waals surface area contributed by atoms with Gasteiger partial charge in [0, 0.05) is 30.6 Å². The summed E-state index contributed by atoms with van der Waals surface area (Å²) in [7, 11) is 0. The fraction of sp³-hybridized carbons (Fsp3) is 0.588. The Morgan fingerprint density at radius 1 is 1.16 bits per heavy atom. The fourth-order valence-corrected chi connectivity index (χ4v) is 3.81. The van der Waals surface area contributed by atoms with Gasteiger partial charge in [0.25, 0.3) is 0 Å². The van der Waals surface area contributed by atoms with E-state index in [1.54, 1.807) is 0 Å². The lowest BCUT2D eigenvalue weighted by Crippen LogP contribution is -2.52. The Labute approximate surface area is 115 Å². The van der Waals surface area contributed by atoms with Crippen LogP contribution in [0.3, 0.4) is 0 Å². The zero-order valence-electron chi connectivity index (χ0n) is 11.8. The number of piperidine rings is 2. The van der Waals surface area contributed by atoms with Gasteiger partial charge in [-0.2, -0.15) is 0 Å². The summed E-state index contributed by atoms with van der Waals surface area (Å²) in [5, 5.41) is 0. The van der Waals surface area contributed by atoms with Crippen LogP contribution in [-0.4, -0.2) is 17.9 Å². The second-order valence-corrected chi connectivity index (χ2v) is 5.97. The molecule has 0 aliphatic carbocycles. The number of hydrogen-bond acceptors (Lipinski definition) is 2. The normalized spacial score (nSPS) is 26.6. The van der Waals surface area contributed by atoms with Crippen molar-refractivity contribution in [1.82, 2.24) is 0 Å². The summed E-state index contributed by atoms with van der Waals surface area (Å²) in [5.41, 5.74) is 2.85. The van der Waals surface area contributed by atoms with Gasteiger partial charge in [0.15, 0.2) is 0 Å². The van der Waals surface area contributed by atoms with Crippen LogP contribution in [0.2, 0.25) is 0 Å². The van der Waals surface area contributed by atoms with Gasteiger partial charge in [0.2, 0.25) is 0 Å². The molecule has 2 aliphatic rings. The van der Waals surface area contributed by atoms with E-state index in [1.807, 2.05) is 0 Å². The second kappa shape index (κ2) is 5.36. The number of ketones is 1. The van der Waals surface area contributed by atoms with Gasteiger partial charge >= 0.3 is 0 Å². The fourth-order valence-electron chi connectivity index (χ4n) is 3.81. The topological polar surface area (TPSA) is 20.3 Å². The van der Waals surface area contributed by atoms with Crippen molar-refractivity contribution in [2.45, 2.75) is 64.0 Å². The van der Waals surface area contributed by atoms with Crippen molar-refractivity contribution in [3.63, 3.8) is 0 Å². The van der Waals surface area contributed by atoms with Gasteiger partial charge in [0.05, 0.1) is 0 Å². The molecule has 2 heteroatoms. The van der Waals surface area contributed by atoms with Gasteiger partial charge in [0.1, 0.15) is 5.78 Å². The molecule has 2 nitrogen and oxygen atoms in total. The highest BCUT2D eigenvalue weighted by Gasteiger charge is 2.38. The van der Waals surface area contributed by atoms with Crippen molar-refractivity contribution in [3.05, 3.63) is 29.8 Å². The summed E-state index contributed by atoms with van der Waals surface area (Å²) in [5.74, 6) is 0.471. The van der Waals surface area contributed by atoms with Gasteiger partial charge in [-0.15, -0.1) is 0 Å². The lowest BCUT2D eigenvalue weighted by Gasteiger charge is -2.47.